The molecular formula is C20H30F3N3O6S. The molecule has 1 amide bonds. The molecule has 1 aromatic carbocycles. The van der Waals surface area contributed by atoms with Crippen molar-refractivity contribution in [2.75, 3.05) is 53.0 Å². The van der Waals surface area contributed by atoms with Crippen molar-refractivity contribution in [3.05, 3.63) is 29.8 Å². The van der Waals surface area contributed by atoms with Crippen molar-refractivity contribution >= 4 is 21.9 Å². The number of carboxylic acids is 1. The van der Waals surface area contributed by atoms with Crippen LogP contribution < -0.4 is 5.32 Å². The number of carbonyl (C=O) groups is 2. The van der Waals surface area contributed by atoms with Gasteiger partial charge in [-0.15, -0.1) is 0 Å². The molecule has 9 nitrogen and oxygen atoms in total. The number of nitrogens with one attached hydrogen (secondary N) is 1. The number of rotatable bonds is 9. The highest BCUT2D eigenvalue weighted by molar-refractivity contribution is 7.89. The molecule has 1 saturated heterocycles. The average Bonchev–Trinajstić information content (AvgIpc) is 2.76. The lowest BCUT2D eigenvalue weighted by atomic mass is 10.2. The predicted molar refractivity (Wildman–Crippen MR) is 114 cm³/mol. The Hall–Kier alpha value is -2.22. The Morgan fingerprint density at radius 1 is 1.21 bits per heavy atom. The van der Waals surface area contributed by atoms with Gasteiger partial charge in [-0.05, 0) is 31.0 Å². The lowest BCUT2D eigenvalue weighted by molar-refractivity contribution is -0.192. The fraction of sp³-hybridized carbons (Fsp3) is 0.600. The number of methoxy groups -OCH3 is 1. The zero-order valence-electron chi connectivity index (χ0n) is 18.6. The number of piperazine rings is 1. The standard InChI is InChI=1S/C18H29N3O4S.C2HF3O2/c1-16-5-3-6-17(15-16)26(23,24)21(10-4-14-25-2)11-7-18(22)20-12-8-19-9-13-20;3-2(4,5)1(6)7/h3,5-6,15,19H,4,7-14H2,1-2H3;(H,6,7). The van der Waals surface area contributed by atoms with Crippen molar-refractivity contribution in [3.63, 3.8) is 0 Å². The van der Waals surface area contributed by atoms with Gasteiger partial charge in [0.25, 0.3) is 0 Å². The van der Waals surface area contributed by atoms with Gasteiger partial charge in [-0.2, -0.15) is 17.5 Å². The van der Waals surface area contributed by atoms with E-state index in [4.69, 9.17) is 14.6 Å². The summed E-state index contributed by atoms with van der Waals surface area (Å²) in [6.07, 6.45) is -4.30. The molecular weight excluding hydrogens is 467 g/mol. The Morgan fingerprint density at radius 3 is 2.33 bits per heavy atom. The number of hydrogen-bond donors (Lipinski definition) is 2. The largest absolute Gasteiger partial charge is 0.490 e. The number of alkyl halides is 3. The van der Waals surface area contributed by atoms with E-state index < -0.39 is 22.2 Å². The van der Waals surface area contributed by atoms with Crippen LogP contribution in [-0.2, 0) is 24.3 Å². The molecule has 33 heavy (non-hydrogen) atoms. The summed E-state index contributed by atoms with van der Waals surface area (Å²) in [6.45, 7) is 5.77. The minimum atomic E-state index is -5.08. The molecule has 0 bridgehead atoms. The van der Waals surface area contributed by atoms with Gasteiger partial charge >= 0.3 is 12.1 Å². The molecule has 2 rings (SSSR count). The number of amides is 1. The number of benzene rings is 1. The van der Waals surface area contributed by atoms with Crippen LogP contribution in [0, 0.1) is 6.92 Å². The molecule has 188 valence electrons. The van der Waals surface area contributed by atoms with Crippen molar-refractivity contribution in [3.8, 4) is 0 Å². The highest BCUT2D eigenvalue weighted by Crippen LogP contribution is 2.18. The summed E-state index contributed by atoms with van der Waals surface area (Å²) in [4.78, 5) is 23.4. The number of ether oxygens (including phenoxy) is 1. The van der Waals surface area contributed by atoms with Crippen LogP contribution in [0.15, 0.2) is 29.2 Å². The highest BCUT2D eigenvalue weighted by Gasteiger charge is 2.38. The molecule has 0 spiro atoms. The molecule has 2 N–H and O–H groups in total. The van der Waals surface area contributed by atoms with Gasteiger partial charge in [0.1, 0.15) is 0 Å². The average molecular weight is 498 g/mol. The van der Waals surface area contributed by atoms with Gasteiger partial charge in [0.2, 0.25) is 15.9 Å². The normalized spacial score (nSPS) is 14.5. The first-order valence-corrected chi connectivity index (χ1v) is 11.7. The minimum Gasteiger partial charge on any atom is -0.475 e. The van der Waals surface area contributed by atoms with Gasteiger partial charge in [0.15, 0.2) is 0 Å². The number of hydrogen-bond acceptors (Lipinski definition) is 6. The van der Waals surface area contributed by atoms with Crippen molar-refractivity contribution < 1.29 is 41.0 Å². The number of sulfonamides is 1. The minimum absolute atomic E-state index is 0.00248. The van der Waals surface area contributed by atoms with E-state index in [0.717, 1.165) is 18.7 Å². The third-order valence-corrected chi connectivity index (χ3v) is 6.57. The fourth-order valence-corrected chi connectivity index (χ4v) is 4.54. The molecule has 0 aliphatic carbocycles. The number of halogens is 3. The van der Waals surface area contributed by atoms with Gasteiger partial charge in [0.05, 0.1) is 4.90 Å². The Kier molecular flexibility index (Phi) is 11.8. The van der Waals surface area contributed by atoms with E-state index >= 15 is 0 Å². The van der Waals surface area contributed by atoms with Crippen molar-refractivity contribution in [2.45, 2.75) is 30.8 Å². The fourth-order valence-electron chi connectivity index (χ4n) is 2.95. The first-order valence-electron chi connectivity index (χ1n) is 10.2. The van der Waals surface area contributed by atoms with E-state index in [1.54, 1.807) is 30.2 Å². The third kappa shape index (κ3) is 10.1. The summed E-state index contributed by atoms with van der Waals surface area (Å²) < 4.78 is 64.2. The molecule has 0 radical (unpaired) electrons. The maximum atomic E-state index is 13.0. The lowest BCUT2D eigenvalue weighted by Crippen LogP contribution is -2.47. The number of aliphatic carboxylic acids is 1. The number of aryl methyl sites for hydroxylation is 1. The van der Waals surface area contributed by atoms with E-state index in [-0.39, 0.29) is 23.8 Å². The summed E-state index contributed by atoms with van der Waals surface area (Å²) in [7, 11) is -2.05. The van der Waals surface area contributed by atoms with E-state index in [2.05, 4.69) is 5.32 Å². The number of nitrogens with zero attached hydrogens (tertiary/aromatic N) is 2. The lowest BCUT2D eigenvalue weighted by Gasteiger charge is -2.29. The molecule has 13 heteroatoms. The molecule has 1 aromatic rings. The molecule has 0 aromatic heterocycles. The molecule has 1 fully saturated rings. The van der Waals surface area contributed by atoms with Crippen LogP contribution in [0.25, 0.3) is 0 Å². The van der Waals surface area contributed by atoms with Gasteiger partial charge in [-0.25, -0.2) is 13.2 Å². The summed E-state index contributed by atoms with van der Waals surface area (Å²) in [5.74, 6) is -2.75. The smallest absolute Gasteiger partial charge is 0.475 e. The maximum Gasteiger partial charge on any atom is 0.490 e. The monoisotopic (exact) mass is 497 g/mol. The molecule has 1 aliphatic rings. The third-order valence-electron chi connectivity index (χ3n) is 4.67. The molecule has 0 saturated carbocycles. The van der Waals surface area contributed by atoms with Gasteiger partial charge in [0, 0.05) is 59.4 Å². The Labute approximate surface area is 191 Å². The molecule has 1 aliphatic heterocycles. The van der Waals surface area contributed by atoms with E-state index in [1.165, 1.54) is 4.31 Å². The van der Waals surface area contributed by atoms with Crippen LogP contribution in [0.3, 0.4) is 0 Å². The Morgan fingerprint density at radius 2 is 1.82 bits per heavy atom. The zero-order valence-corrected chi connectivity index (χ0v) is 19.4. The first kappa shape index (κ1) is 28.8. The van der Waals surface area contributed by atoms with Gasteiger partial charge in [-0.1, -0.05) is 12.1 Å². The molecule has 0 unspecified atom stereocenters. The maximum absolute atomic E-state index is 13.0. The SMILES string of the molecule is COCCCN(CCC(=O)N1CCNCC1)S(=O)(=O)c1cccc(C)c1.O=C(O)C(F)(F)F. The van der Waals surface area contributed by atoms with Crippen molar-refractivity contribution in [2.24, 2.45) is 0 Å². The molecule has 1 heterocycles. The second-order valence-electron chi connectivity index (χ2n) is 7.25. The topological polar surface area (TPSA) is 116 Å². The van der Waals surface area contributed by atoms with E-state index in [0.29, 0.717) is 32.7 Å². The predicted octanol–water partition coefficient (Wildman–Crippen LogP) is 1.48. The summed E-state index contributed by atoms with van der Waals surface area (Å²) in [6, 6.07) is 6.87. The van der Waals surface area contributed by atoms with Crippen LogP contribution in [0.4, 0.5) is 13.2 Å². The van der Waals surface area contributed by atoms with Gasteiger partial charge < -0.3 is 20.1 Å². The second-order valence-corrected chi connectivity index (χ2v) is 9.19. The number of carbonyl (C=O) groups excluding carboxylic acids is 1. The summed E-state index contributed by atoms with van der Waals surface area (Å²) >= 11 is 0. The summed E-state index contributed by atoms with van der Waals surface area (Å²) in [5, 5.41) is 10.3. The van der Waals surface area contributed by atoms with Crippen LogP contribution >= 0.6 is 0 Å². The Balaban J connectivity index is 0.000000675. The van der Waals surface area contributed by atoms with Crippen molar-refractivity contribution in [1.29, 1.82) is 0 Å². The van der Waals surface area contributed by atoms with Crippen LogP contribution in [-0.4, -0.2) is 93.8 Å². The molecule has 0 atom stereocenters. The quantitative estimate of drug-likeness (QED) is 0.497. The summed E-state index contributed by atoms with van der Waals surface area (Å²) in [5.41, 5.74) is 0.889. The first-order chi connectivity index (χ1) is 15.4. The van der Waals surface area contributed by atoms with Crippen LogP contribution in [0.5, 0.6) is 0 Å². The van der Waals surface area contributed by atoms with Gasteiger partial charge in [-0.3, -0.25) is 4.79 Å². The Bertz CT molecular complexity index is 874. The van der Waals surface area contributed by atoms with Crippen LogP contribution in [0.2, 0.25) is 0 Å². The van der Waals surface area contributed by atoms with E-state index in [1.807, 2.05) is 13.0 Å². The highest BCUT2D eigenvalue weighted by atomic mass is 32.2. The van der Waals surface area contributed by atoms with Crippen molar-refractivity contribution in [1.82, 2.24) is 14.5 Å². The number of carboxylic acid groups (broad SMARTS) is 1. The zero-order chi connectivity index (χ0) is 25.1. The van der Waals surface area contributed by atoms with Crippen LogP contribution in [0.1, 0.15) is 18.4 Å². The van der Waals surface area contributed by atoms with E-state index in [9.17, 15) is 26.4 Å². The second kappa shape index (κ2) is 13.5.